The first-order valence-electron chi connectivity index (χ1n) is 36.0. The molecular weight excluding hydrogens is 1290 g/mol. The number of nitrogens with one attached hydrogen (secondary N) is 6. The van der Waals surface area contributed by atoms with Crippen LogP contribution >= 0.6 is 0 Å². The monoisotopic (exact) mass is 1370 g/mol. The van der Waals surface area contributed by atoms with Gasteiger partial charge < -0.3 is 31.9 Å². The maximum atomic E-state index is 14.1. The summed E-state index contributed by atoms with van der Waals surface area (Å²) in [4.78, 5) is 82.0. The van der Waals surface area contributed by atoms with Crippen molar-refractivity contribution in [2.75, 3.05) is 38.9 Å². The number of hydrogen-bond donors (Lipinski definition) is 6. The molecule has 6 N–H and O–H groups in total. The molecule has 0 aromatic heterocycles. The van der Waals surface area contributed by atoms with Crippen molar-refractivity contribution in [2.45, 2.75) is 127 Å². The van der Waals surface area contributed by atoms with Gasteiger partial charge in [0, 0.05) is 74.6 Å². The van der Waals surface area contributed by atoms with Crippen LogP contribution in [0.2, 0.25) is 0 Å². The molecular formula is C92H90N6O6. The molecule has 0 atom stereocenters. The van der Waals surface area contributed by atoms with Crippen LogP contribution in [0.4, 0.5) is 62.6 Å². The summed E-state index contributed by atoms with van der Waals surface area (Å²) in [6.45, 7) is 27.9. The fraction of sp³-hybridized carbons (Fsp3) is 0.217. The highest BCUT2D eigenvalue weighted by molar-refractivity contribution is 6.34. The standard InChI is InChI=1S/C36H38N2O2.C34H34N2O2.C22H18N2O2/c1-7-23-17-21(5)18-24(8-2)33(23)37-29-15-16-30(38-34-25(9-3)19-22(6)20-26(34)10-4)32-31(29)35(39)27-13-11-12-14-28(27)36(32)40;1-33(2,3)21-11-15-23(16-12-21)35-27-19-20-28(36-24-17-13-22(14-18-24)34(4,5)6)30-29(27)31(37)25-9-7-8-10-26(25)32(30)38;1-13-6-5-7-14(12-13)24-18-11-10-17(23-2)19-20(18)22(26)16-9-4-3-8-15(16)21(19)25/h11-20,37-38H,7-10H2,1-6H3;7-20,35-36H,1-6H3;3-12,23-24H,1-2H3. The van der Waals surface area contributed by atoms with Crippen molar-refractivity contribution in [2.24, 2.45) is 0 Å². The summed E-state index contributed by atoms with van der Waals surface area (Å²) >= 11 is 0. The Morgan fingerprint density at radius 1 is 0.269 bits per heavy atom. The molecule has 0 aliphatic heterocycles. The van der Waals surface area contributed by atoms with Gasteiger partial charge in [-0.25, -0.2) is 0 Å². The lowest BCUT2D eigenvalue weighted by atomic mass is 9.82. The predicted molar refractivity (Wildman–Crippen MR) is 427 cm³/mol. The van der Waals surface area contributed by atoms with E-state index in [1.807, 2.05) is 104 Å². The average Bonchev–Trinajstić information content (AvgIpc) is 0.750. The summed E-state index contributed by atoms with van der Waals surface area (Å²) in [5.41, 5.74) is 24.5. The molecule has 12 nitrogen and oxygen atoms in total. The number of hydrogen-bond acceptors (Lipinski definition) is 12. The molecule has 11 aromatic carbocycles. The van der Waals surface area contributed by atoms with Gasteiger partial charge in [0.05, 0.1) is 61.8 Å². The summed E-state index contributed by atoms with van der Waals surface area (Å²) in [6.07, 6.45) is 3.45. The summed E-state index contributed by atoms with van der Waals surface area (Å²) in [7, 11) is 1.75. The third kappa shape index (κ3) is 14.3. The molecule has 0 amide bonds. The number of aryl methyl sites for hydroxylation is 7. The number of ketones is 6. The molecule has 0 bridgehead atoms. The van der Waals surface area contributed by atoms with Crippen LogP contribution < -0.4 is 31.9 Å². The molecule has 3 aliphatic rings. The van der Waals surface area contributed by atoms with E-state index in [2.05, 4.69) is 164 Å². The number of fused-ring (bicyclic) bond motifs is 6. The Bertz CT molecular complexity index is 4970. The molecule has 0 fully saturated rings. The Balaban J connectivity index is 0.000000150. The number of rotatable bonds is 15. The second-order valence-corrected chi connectivity index (χ2v) is 29.1. The SMILES string of the molecule is CC(C)(C)c1ccc(Nc2ccc(Nc3ccc(C(C)(C)C)cc3)c3c2C(=O)c2ccccc2C3=O)cc1.CCc1cc(C)cc(CC)c1Nc1ccc(Nc2c(CC)cc(C)cc2CC)c2c1C(=O)c1ccccc1C2=O.CNc1ccc(Nc2cccc(C)c2)c2c1C(=O)c1ccccc1C2=O. The summed E-state index contributed by atoms with van der Waals surface area (Å²) < 4.78 is 0. The van der Waals surface area contributed by atoms with Crippen molar-refractivity contribution < 1.29 is 28.8 Å². The highest BCUT2D eigenvalue weighted by atomic mass is 16.2. The maximum absolute atomic E-state index is 14.1. The minimum atomic E-state index is -0.157. The molecule has 12 heteroatoms. The van der Waals surface area contributed by atoms with E-state index in [1.54, 1.807) is 67.7 Å². The van der Waals surface area contributed by atoms with E-state index in [4.69, 9.17) is 0 Å². The van der Waals surface area contributed by atoms with Crippen LogP contribution in [0.5, 0.6) is 0 Å². The Morgan fingerprint density at radius 3 is 0.788 bits per heavy atom. The van der Waals surface area contributed by atoms with Gasteiger partial charge in [0.1, 0.15) is 0 Å². The first-order chi connectivity index (χ1) is 49.8. The summed E-state index contributed by atoms with van der Waals surface area (Å²) in [6, 6.07) is 65.6. The zero-order valence-electron chi connectivity index (χ0n) is 61.9. The van der Waals surface area contributed by atoms with Crippen LogP contribution in [0.3, 0.4) is 0 Å². The fourth-order valence-electron chi connectivity index (χ4n) is 14.3. The maximum Gasteiger partial charge on any atom is 0.196 e. The lowest BCUT2D eigenvalue weighted by Crippen LogP contribution is -2.24. The van der Waals surface area contributed by atoms with Gasteiger partial charge in [0.2, 0.25) is 0 Å². The van der Waals surface area contributed by atoms with Crippen molar-refractivity contribution in [3.8, 4) is 0 Å². The van der Waals surface area contributed by atoms with E-state index in [1.165, 1.54) is 44.5 Å². The quantitative estimate of drug-likeness (QED) is 0.0574. The number of anilines is 11. The highest BCUT2D eigenvalue weighted by Gasteiger charge is 2.38. The molecule has 524 valence electrons. The van der Waals surface area contributed by atoms with Gasteiger partial charge in [-0.3, -0.25) is 28.8 Å². The predicted octanol–water partition coefficient (Wildman–Crippen LogP) is 21.9. The molecule has 0 unspecified atom stereocenters. The molecule has 3 aliphatic carbocycles. The van der Waals surface area contributed by atoms with Crippen LogP contribution in [0.25, 0.3) is 0 Å². The van der Waals surface area contributed by atoms with Crippen LogP contribution in [-0.2, 0) is 36.5 Å². The average molecular weight is 1380 g/mol. The second kappa shape index (κ2) is 29.7. The molecule has 0 saturated carbocycles. The van der Waals surface area contributed by atoms with E-state index >= 15 is 0 Å². The van der Waals surface area contributed by atoms with Crippen molar-refractivity contribution in [1.82, 2.24) is 0 Å². The van der Waals surface area contributed by atoms with Gasteiger partial charge in [-0.15, -0.1) is 0 Å². The van der Waals surface area contributed by atoms with Crippen molar-refractivity contribution >= 4 is 97.3 Å². The van der Waals surface area contributed by atoms with Gasteiger partial charge in [0.25, 0.3) is 0 Å². The fourth-order valence-corrected chi connectivity index (χ4v) is 14.3. The van der Waals surface area contributed by atoms with Gasteiger partial charge in [-0.05, 0) is 169 Å². The van der Waals surface area contributed by atoms with Gasteiger partial charge in [0.15, 0.2) is 34.7 Å². The van der Waals surface area contributed by atoms with Crippen LogP contribution in [0, 0.1) is 20.8 Å². The minimum Gasteiger partial charge on any atom is -0.388 e. The molecule has 0 heterocycles. The second-order valence-electron chi connectivity index (χ2n) is 29.1. The highest BCUT2D eigenvalue weighted by Crippen LogP contribution is 2.44. The topological polar surface area (TPSA) is 175 Å². The summed E-state index contributed by atoms with van der Waals surface area (Å²) in [5.74, 6) is -0.842. The Labute approximate surface area is 611 Å². The number of carbonyl (C=O) groups is 6. The minimum absolute atomic E-state index is 0.0438. The molecule has 0 radical (unpaired) electrons. The van der Waals surface area contributed by atoms with E-state index in [9.17, 15) is 28.8 Å². The number of carbonyl (C=O) groups excluding carboxylic acids is 6. The lowest BCUT2D eigenvalue weighted by Gasteiger charge is -2.26. The molecule has 0 saturated heterocycles. The molecule has 11 aromatic rings. The van der Waals surface area contributed by atoms with Crippen LogP contribution in [-0.4, -0.2) is 41.7 Å². The molecule has 104 heavy (non-hydrogen) atoms. The van der Waals surface area contributed by atoms with Crippen LogP contribution in [0.15, 0.2) is 206 Å². The zero-order valence-corrected chi connectivity index (χ0v) is 61.9. The zero-order chi connectivity index (χ0) is 74.1. The Hall–Kier alpha value is -11.8. The first-order valence-corrected chi connectivity index (χ1v) is 36.0. The normalized spacial score (nSPS) is 12.6. The van der Waals surface area contributed by atoms with Crippen molar-refractivity contribution in [1.29, 1.82) is 0 Å². The summed E-state index contributed by atoms with van der Waals surface area (Å²) in [5, 5.41) is 20.4. The largest absolute Gasteiger partial charge is 0.388 e. The third-order valence-corrected chi connectivity index (χ3v) is 19.8. The van der Waals surface area contributed by atoms with Gasteiger partial charge >= 0.3 is 0 Å². The van der Waals surface area contributed by atoms with Gasteiger partial charge in [-0.1, -0.05) is 214 Å². The van der Waals surface area contributed by atoms with E-state index in [0.717, 1.165) is 59.7 Å². The first kappa shape index (κ1) is 72.0. The van der Waals surface area contributed by atoms with Gasteiger partial charge in [-0.2, -0.15) is 0 Å². The third-order valence-electron chi connectivity index (χ3n) is 19.8. The molecule has 14 rings (SSSR count). The van der Waals surface area contributed by atoms with Crippen molar-refractivity contribution in [3.63, 3.8) is 0 Å². The number of benzene rings is 11. The van der Waals surface area contributed by atoms with E-state index < -0.39 is 0 Å². The molecule has 0 spiro atoms. The van der Waals surface area contributed by atoms with Crippen LogP contribution in [0.1, 0.15) is 215 Å². The lowest BCUT2D eigenvalue weighted by molar-refractivity contribution is 0.0980. The Morgan fingerprint density at radius 2 is 0.529 bits per heavy atom. The smallest absolute Gasteiger partial charge is 0.196 e. The van der Waals surface area contributed by atoms with Crippen molar-refractivity contribution in [3.05, 3.63) is 323 Å². The van der Waals surface area contributed by atoms with E-state index in [-0.39, 0.29) is 45.5 Å². The van der Waals surface area contributed by atoms with E-state index in [0.29, 0.717) is 101 Å². The Kier molecular flexibility index (Phi) is 20.6.